The molecule has 3 heteroatoms. The van der Waals surface area contributed by atoms with Gasteiger partial charge in [-0.3, -0.25) is 0 Å². The molecular weight excluding hydrogens is 267 g/mol. The molecule has 0 atom stereocenters. The lowest BCUT2D eigenvalue weighted by Gasteiger charge is -2.45. The molecule has 0 unspecified atom stereocenters. The van der Waals surface area contributed by atoms with Gasteiger partial charge >= 0.3 is 0 Å². The predicted octanol–water partition coefficient (Wildman–Crippen LogP) is 4.53. The largest absolute Gasteiger partial charge is 0.380 e. The van der Waals surface area contributed by atoms with Crippen LogP contribution in [0.4, 0.5) is 0 Å². The average molecular weight is 283 g/mol. The van der Waals surface area contributed by atoms with E-state index in [1.54, 1.807) is 0 Å². The van der Waals surface area contributed by atoms with E-state index in [1.807, 2.05) is 12.1 Å². The minimum absolute atomic E-state index is 0.379. The van der Waals surface area contributed by atoms with E-state index in [-0.39, 0.29) is 0 Å². The van der Waals surface area contributed by atoms with Crippen molar-refractivity contribution in [3.8, 4) is 0 Å². The van der Waals surface area contributed by atoms with Crippen LogP contribution in [-0.2, 0) is 4.74 Å². The Morgan fingerprint density at radius 2 is 1.89 bits per heavy atom. The van der Waals surface area contributed by atoms with E-state index < -0.39 is 0 Å². The summed E-state index contributed by atoms with van der Waals surface area (Å²) in [6.45, 7) is 1.80. The Labute approximate surface area is 118 Å². The fraction of sp³-hybridized carbons (Fsp3) is 0.467. The van der Waals surface area contributed by atoms with Crippen molar-refractivity contribution in [1.29, 1.82) is 0 Å². The first-order valence-corrected chi connectivity index (χ1v) is 7.24. The van der Waals surface area contributed by atoms with Crippen molar-refractivity contribution in [2.24, 2.45) is 5.41 Å². The number of rotatable bonds is 2. The van der Waals surface area contributed by atoms with Crippen LogP contribution in [0.15, 0.2) is 29.8 Å². The van der Waals surface area contributed by atoms with Crippen molar-refractivity contribution in [1.82, 2.24) is 0 Å². The first kappa shape index (κ1) is 12.5. The second-order valence-corrected chi connectivity index (χ2v) is 6.10. The van der Waals surface area contributed by atoms with E-state index in [0.717, 1.165) is 31.1 Å². The molecule has 1 fully saturated rings. The molecule has 1 nitrogen and oxygen atoms in total. The van der Waals surface area contributed by atoms with Crippen LogP contribution in [-0.4, -0.2) is 19.1 Å². The van der Waals surface area contributed by atoms with Gasteiger partial charge in [0.15, 0.2) is 0 Å². The minimum atomic E-state index is 0.379. The number of benzene rings is 1. The summed E-state index contributed by atoms with van der Waals surface area (Å²) in [5.41, 5.74) is 4.44. The molecular formula is C15H16Cl2O. The standard InChI is InChI=1S/C15H16Cl2O/c16-8-12-5-6-15(9-18-10-15)7-14(12)11-1-3-13(17)4-2-11/h1-4H,5-10H2. The molecule has 1 spiro atoms. The maximum Gasteiger partial charge on any atom is 0.0548 e. The second-order valence-electron chi connectivity index (χ2n) is 5.39. The Balaban J connectivity index is 1.94. The number of hydrogen-bond acceptors (Lipinski definition) is 1. The molecule has 0 aromatic heterocycles. The van der Waals surface area contributed by atoms with Gasteiger partial charge in [0.25, 0.3) is 0 Å². The van der Waals surface area contributed by atoms with Crippen LogP contribution < -0.4 is 0 Å². The number of halogens is 2. The highest BCUT2D eigenvalue weighted by atomic mass is 35.5. The highest BCUT2D eigenvalue weighted by molar-refractivity contribution is 6.30. The van der Waals surface area contributed by atoms with Gasteiger partial charge in [-0.15, -0.1) is 11.6 Å². The van der Waals surface area contributed by atoms with Gasteiger partial charge in [-0.1, -0.05) is 29.3 Å². The van der Waals surface area contributed by atoms with E-state index in [2.05, 4.69) is 12.1 Å². The topological polar surface area (TPSA) is 9.23 Å². The molecule has 0 N–H and O–H groups in total. The van der Waals surface area contributed by atoms with E-state index in [0.29, 0.717) is 11.3 Å². The Bertz CT molecular complexity index is 472. The van der Waals surface area contributed by atoms with Gasteiger partial charge in [0, 0.05) is 16.3 Å². The summed E-state index contributed by atoms with van der Waals surface area (Å²) in [6, 6.07) is 8.11. The fourth-order valence-corrected chi connectivity index (χ4v) is 3.32. The summed E-state index contributed by atoms with van der Waals surface area (Å²) >= 11 is 12.0. The summed E-state index contributed by atoms with van der Waals surface area (Å²) in [6.07, 6.45) is 3.41. The Morgan fingerprint density at radius 1 is 1.17 bits per heavy atom. The molecule has 1 saturated heterocycles. The molecule has 0 saturated carbocycles. The number of alkyl halides is 1. The van der Waals surface area contributed by atoms with Gasteiger partial charge in [-0.2, -0.15) is 0 Å². The van der Waals surface area contributed by atoms with Gasteiger partial charge in [0.05, 0.1) is 13.2 Å². The summed E-state index contributed by atoms with van der Waals surface area (Å²) in [4.78, 5) is 0. The van der Waals surface area contributed by atoms with Crippen molar-refractivity contribution >= 4 is 28.8 Å². The third kappa shape index (κ3) is 2.20. The molecule has 0 bridgehead atoms. The lowest BCUT2D eigenvalue weighted by molar-refractivity contribution is -0.115. The SMILES string of the molecule is ClCC1=C(c2ccc(Cl)cc2)CC2(CC1)COC2. The third-order valence-corrected chi connectivity index (χ3v) is 4.68. The Morgan fingerprint density at radius 3 is 2.44 bits per heavy atom. The maximum absolute atomic E-state index is 6.10. The maximum atomic E-state index is 6.10. The molecule has 96 valence electrons. The average Bonchev–Trinajstić information content (AvgIpc) is 2.37. The lowest BCUT2D eigenvalue weighted by atomic mass is 9.69. The van der Waals surface area contributed by atoms with Crippen LogP contribution in [0.5, 0.6) is 0 Å². The fourth-order valence-electron chi connectivity index (χ4n) is 2.90. The molecule has 0 radical (unpaired) electrons. The zero-order chi connectivity index (χ0) is 12.6. The van der Waals surface area contributed by atoms with Crippen LogP contribution in [0.25, 0.3) is 5.57 Å². The number of hydrogen-bond donors (Lipinski definition) is 0. The van der Waals surface area contributed by atoms with Crippen molar-refractivity contribution in [3.05, 3.63) is 40.4 Å². The Hall–Kier alpha value is -0.500. The quantitative estimate of drug-likeness (QED) is 0.724. The van der Waals surface area contributed by atoms with Crippen LogP contribution in [0, 0.1) is 5.41 Å². The number of allylic oxidation sites excluding steroid dienone is 2. The molecule has 1 aliphatic carbocycles. The molecule has 3 rings (SSSR count). The normalized spacial score (nSPS) is 22.1. The van der Waals surface area contributed by atoms with Crippen molar-refractivity contribution in [2.45, 2.75) is 19.3 Å². The van der Waals surface area contributed by atoms with Gasteiger partial charge in [-0.05, 0) is 42.5 Å². The van der Waals surface area contributed by atoms with Crippen LogP contribution in [0.3, 0.4) is 0 Å². The lowest BCUT2D eigenvalue weighted by Crippen LogP contribution is -2.44. The summed E-state index contributed by atoms with van der Waals surface area (Å²) in [5.74, 6) is 0.634. The van der Waals surface area contributed by atoms with Crippen molar-refractivity contribution in [3.63, 3.8) is 0 Å². The summed E-state index contributed by atoms with van der Waals surface area (Å²) < 4.78 is 5.41. The highest BCUT2D eigenvalue weighted by Crippen LogP contribution is 2.47. The van der Waals surface area contributed by atoms with Crippen molar-refractivity contribution in [2.75, 3.05) is 19.1 Å². The molecule has 1 aromatic carbocycles. The van der Waals surface area contributed by atoms with E-state index in [9.17, 15) is 0 Å². The highest BCUT2D eigenvalue weighted by Gasteiger charge is 2.41. The molecule has 0 amide bonds. The molecule has 1 aromatic rings. The molecule has 2 aliphatic rings. The van der Waals surface area contributed by atoms with Gasteiger partial charge in [0.2, 0.25) is 0 Å². The van der Waals surface area contributed by atoms with Gasteiger partial charge in [-0.25, -0.2) is 0 Å². The van der Waals surface area contributed by atoms with E-state index in [4.69, 9.17) is 27.9 Å². The van der Waals surface area contributed by atoms with Crippen LogP contribution in [0.2, 0.25) is 5.02 Å². The summed E-state index contributed by atoms with van der Waals surface area (Å²) in [7, 11) is 0. The zero-order valence-corrected chi connectivity index (χ0v) is 11.7. The van der Waals surface area contributed by atoms with Gasteiger partial charge in [0.1, 0.15) is 0 Å². The van der Waals surface area contributed by atoms with Gasteiger partial charge < -0.3 is 4.74 Å². The van der Waals surface area contributed by atoms with E-state index in [1.165, 1.54) is 23.1 Å². The third-order valence-electron chi connectivity index (χ3n) is 4.11. The first-order chi connectivity index (χ1) is 8.72. The van der Waals surface area contributed by atoms with Crippen molar-refractivity contribution < 1.29 is 4.74 Å². The second kappa shape index (κ2) is 4.88. The van der Waals surface area contributed by atoms with Crippen LogP contribution in [0.1, 0.15) is 24.8 Å². The number of ether oxygens (including phenoxy) is 1. The minimum Gasteiger partial charge on any atom is -0.380 e. The zero-order valence-electron chi connectivity index (χ0n) is 10.2. The summed E-state index contributed by atoms with van der Waals surface area (Å²) in [5, 5.41) is 0.782. The molecule has 1 aliphatic heterocycles. The molecule has 18 heavy (non-hydrogen) atoms. The smallest absolute Gasteiger partial charge is 0.0548 e. The molecule has 1 heterocycles. The monoisotopic (exact) mass is 282 g/mol. The first-order valence-electron chi connectivity index (χ1n) is 6.33. The predicted molar refractivity (Wildman–Crippen MR) is 76.2 cm³/mol. The van der Waals surface area contributed by atoms with Crippen LogP contribution >= 0.6 is 23.2 Å². The van der Waals surface area contributed by atoms with E-state index >= 15 is 0 Å². The Kier molecular flexibility index (Phi) is 3.40.